The van der Waals surface area contributed by atoms with Gasteiger partial charge in [0.05, 0.1) is 0 Å². The average molecular weight is 249 g/mol. The molecule has 17 heavy (non-hydrogen) atoms. The maximum Gasteiger partial charge on any atom is 0.222 e. The highest BCUT2D eigenvalue weighted by molar-refractivity contribution is 6.33. The molecule has 0 aliphatic rings. The van der Waals surface area contributed by atoms with Gasteiger partial charge in [0.25, 0.3) is 0 Å². The van der Waals surface area contributed by atoms with Crippen molar-refractivity contribution in [3.63, 3.8) is 0 Å². The first-order valence-electron chi connectivity index (χ1n) is 5.32. The van der Waals surface area contributed by atoms with Gasteiger partial charge in [-0.15, -0.1) is 0 Å². The standard InChI is InChI=1S/C12H13ClN4/c13-11-4-2-1-3-10(11)9-7-16-12(17-8-9)15-6-5-14/h1-4,7-8H,5-6,14H2,(H,15,16,17). The Bertz CT molecular complexity index is 484. The summed E-state index contributed by atoms with van der Waals surface area (Å²) in [4.78, 5) is 8.39. The molecular formula is C12H13ClN4. The molecule has 1 aromatic heterocycles. The molecule has 5 heteroatoms. The van der Waals surface area contributed by atoms with Gasteiger partial charge in [-0.25, -0.2) is 9.97 Å². The quantitative estimate of drug-likeness (QED) is 0.871. The highest BCUT2D eigenvalue weighted by Crippen LogP contribution is 2.26. The van der Waals surface area contributed by atoms with Crippen LogP contribution in [0.1, 0.15) is 0 Å². The fraction of sp³-hybridized carbons (Fsp3) is 0.167. The summed E-state index contributed by atoms with van der Waals surface area (Å²) in [6.45, 7) is 1.21. The van der Waals surface area contributed by atoms with E-state index in [9.17, 15) is 0 Å². The Morgan fingerprint density at radius 1 is 1.18 bits per heavy atom. The monoisotopic (exact) mass is 248 g/mol. The van der Waals surface area contributed by atoms with Crippen LogP contribution in [0, 0.1) is 0 Å². The summed E-state index contributed by atoms with van der Waals surface area (Å²) in [5.41, 5.74) is 7.21. The minimum atomic E-state index is 0.551. The van der Waals surface area contributed by atoms with E-state index in [2.05, 4.69) is 15.3 Å². The third-order valence-corrected chi connectivity index (χ3v) is 2.59. The SMILES string of the molecule is NCCNc1ncc(-c2ccccc2Cl)cn1. The van der Waals surface area contributed by atoms with Crippen LogP contribution in [0.4, 0.5) is 5.95 Å². The van der Waals surface area contributed by atoms with Gasteiger partial charge in [-0.2, -0.15) is 0 Å². The highest BCUT2D eigenvalue weighted by Gasteiger charge is 2.03. The minimum absolute atomic E-state index is 0.551. The predicted octanol–water partition coefficient (Wildman–Crippen LogP) is 2.17. The predicted molar refractivity (Wildman–Crippen MR) is 70.0 cm³/mol. The van der Waals surface area contributed by atoms with E-state index in [0.29, 0.717) is 24.1 Å². The van der Waals surface area contributed by atoms with Crippen LogP contribution >= 0.6 is 11.6 Å². The molecule has 0 amide bonds. The fourth-order valence-electron chi connectivity index (χ4n) is 1.44. The summed E-state index contributed by atoms with van der Waals surface area (Å²) >= 11 is 6.09. The van der Waals surface area contributed by atoms with E-state index in [1.54, 1.807) is 12.4 Å². The maximum absolute atomic E-state index is 6.09. The second-order valence-corrected chi connectivity index (χ2v) is 3.90. The first kappa shape index (κ1) is 11.8. The molecule has 0 unspecified atom stereocenters. The Balaban J connectivity index is 2.21. The molecule has 0 radical (unpaired) electrons. The van der Waals surface area contributed by atoms with Gasteiger partial charge >= 0.3 is 0 Å². The summed E-state index contributed by atoms with van der Waals surface area (Å²) in [5.74, 6) is 0.575. The molecule has 0 aliphatic carbocycles. The van der Waals surface area contributed by atoms with Crippen molar-refractivity contribution in [3.05, 3.63) is 41.7 Å². The van der Waals surface area contributed by atoms with Crippen LogP contribution < -0.4 is 11.1 Å². The minimum Gasteiger partial charge on any atom is -0.353 e. The lowest BCUT2D eigenvalue weighted by Crippen LogP contribution is -2.14. The van der Waals surface area contributed by atoms with Crippen molar-refractivity contribution in [1.82, 2.24) is 9.97 Å². The van der Waals surface area contributed by atoms with Crippen LogP contribution in [0.5, 0.6) is 0 Å². The van der Waals surface area contributed by atoms with E-state index >= 15 is 0 Å². The molecule has 0 spiro atoms. The number of nitrogens with zero attached hydrogens (tertiary/aromatic N) is 2. The number of benzene rings is 1. The summed E-state index contributed by atoms with van der Waals surface area (Å²) < 4.78 is 0. The Labute approximate surface area is 105 Å². The molecule has 0 saturated carbocycles. The van der Waals surface area contributed by atoms with Crippen LogP contribution in [0.2, 0.25) is 5.02 Å². The first-order chi connectivity index (χ1) is 8.31. The van der Waals surface area contributed by atoms with Gasteiger partial charge in [0.2, 0.25) is 5.95 Å². The van der Waals surface area contributed by atoms with E-state index in [4.69, 9.17) is 17.3 Å². The number of anilines is 1. The van der Waals surface area contributed by atoms with E-state index in [1.807, 2.05) is 24.3 Å². The van der Waals surface area contributed by atoms with E-state index in [-0.39, 0.29) is 0 Å². The van der Waals surface area contributed by atoms with Crippen molar-refractivity contribution in [1.29, 1.82) is 0 Å². The number of aromatic nitrogens is 2. The first-order valence-corrected chi connectivity index (χ1v) is 5.70. The third-order valence-electron chi connectivity index (χ3n) is 2.26. The number of halogens is 1. The van der Waals surface area contributed by atoms with Gasteiger partial charge in [0.1, 0.15) is 0 Å². The Morgan fingerprint density at radius 3 is 2.53 bits per heavy atom. The van der Waals surface area contributed by atoms with Gasteiger partial charge in [-0.3, -0.25) is 0 Å². The van der Waals surface area contributed by atoms with Crippen molar-refractivity contribution in [2.75, 3.05) is 18.4 Å². The van der Waals surface area contributed by atoms with Gasteiger partial charge in [-0.1, -0.05) is 29.8 Å². The van der Waals surface area contributed by atoms with Gasteiger partial charge in [0, 0.05) is 41.6 Å². The zero-order valence-corrected chi connectivity index (χ0v) is 9.98. The van der Waals surface area contributed by atoms with Crippen LogP contribution in [0.3, 0.4) is 0 Å². The zero-order chi connectivity index (χ0) is 12.1. The van der Waals surface area contributed by atoms with Crippen molar-refractivity contribution in [2.45, 2.75) is 0 Å². The number of hydrogen-bond acceptors (Lipinski definition) is 4. The second-order valence-electron chi connectivity index (χ2n) is 3.49. The number of nitrogens with one attached hydrogen (secondary N) is 1. The highest BCUT2D eigenvalue weighted by atomic mass is 35.5. The summed E-state index contributed by atoms with van der Waals surface area (Å²) in [5, 5.41) is 3.70. The molecule has 0 saturated heterocycles. The van der Waals surface area contributed by atoms with Crippen molar-refractivity contribution >= 4 is 17.5 Å². The van der Waals surface area contributed by atoms with Crippen molar-refractivity contribution in [2.24, 2.45) is 5.73 Å². The molecular weight excluding hydrogens is 236 g/mol. The topological polar surface area (TPSA) is 63.8 Å². The molecule has 88 valence electrons. The Morgan fingerprint density at radius 2 is 1.88 bits per heavy atom. The molecule has 0 bridgehead atoms. The lowest BCUT2D eigenvalue weighted by Gasteiger charge is -2.05. The molecule has 1 aromatic carbocycles. The van der Waals surface area contributed by atoms with E-state index in [1.165, 1.54) is 0 Å². The summed E-state index contributed by atoms with van der Waals surface area (Å²) in [6.07, 6.45) is 3.49. The number of hydrogen-bond donors (Lipinski definition) is 2. The largest absolute Gasteiger partial charge is 0.353 e. The molecule has 3 N–H and O–H groups in total. The van der Waals surface area contributed by atoms with Crippen LogP contribution in [-0.2, 0) is 0 Å². The lowest BCUT2D eigenvalue weighted by atomic mass is 10.1. The van der Waals surface area contributed by atoms with Gasteiger partial charge < -0.3 is 11.1 Å². The van der Waals surface area contributed by atoms with E-state index in [0.717, 1.165) is 11.1 Å². The summed E-state index contributed by atoms with van der Waals surface area (Å²) in [6, 6.07) is 7.61. The zero-order valence-electron chi connectivity index (χ0n) is 9.23. The number of nitrogens with two attached hydrogens (primary N) is 1. The molecule has 0 atom stereocenters. The number of rotatable bonds is 4. The fourth-order valence-corrected chi connectivity index (χ4v) is 1.68. The molecule has 4 nitrogen and oxygen atoms in total. The van der Waals surface area contributed by atoms with Crippen LogP contribution in [0.15, 0.2) is 36.7 Å². The van der Waals surface area contributed by atoms with Gasteiger partial charge in [0.15, 0.2) is 0 Å². The molecule has 0 fully saturated rings. The van der Waals surface area contributed by atoms with Gasteiger partial charge in [-0.05, 0) is 6.07 Å². The lowest BCUT2D eigenvalue weighted by molar-refractivity contribution is 0.990. The summed E-state index contributed by atoms with van der Waals surface area (Å²) in [7, 11) is 0. The Kier molecular flexibility index (Phi) is 3.90. The van der Waals surface area contributed by atoms with Crippen LogP contribution in [-0.4, -0.2) is 23.1 Å². The molecule has 0 aliphatic heterocycles. The van der Waals surface area contributed by atoms with E-state index < -0.39 is 0 Å². The van der Waals surface area contributed by atoms with Crippen molar-refractivity contribution < 1.29 is 0 Å². The molecule has 1 heterocycles. The molecule has 2 aromatic rings. The molecule has 2 rings (SSSR count). The van der Waals surface area contributed by atoms with Crippen molar-refractivity contribution in [3.8, 4) is 11.1 Å². The Hall–Kier alpha value is -1.65. The van der Waals surface area contributed by atoms with Crippen LogP contribution in [0.25, 0.3) is 11.1 Å². The second kappa shape index (κ2) is 5.61. The maximum atomic E-state index is 6.09. The normalized spacial score (nSPS) is 10.2. The smallest absolute Gasteiger partial charge is 0.222 e. The average Bonchev–Trinajstić information content (AvgIpc) is 2.38. The third kappa shape index (κ3) is 2.93.